The van der Waals surface area contributed by atoms with E-state index in [4.69, 9.17) is 5.11 Å². The number of amides is 1. The lowest BCUT2D eigenvalue weighted by Crippen LogP contribution is -2.66. The van der Waals surface area contributed by atoms with Crippen molar-refractivity contribution in [3.8, 4) is 5.88 Å². The van der Waals surface area contributed by atoms with E-state index < -0.39 is 39.8 Å². The minimum atomic E-state index is -3.75. The van der Waals surface area contributed by atoms with E-state index in [0.29, 0.717) is 11.3 Å². The zero-order valence-corrected chi connectivity index (χ0v) is 21.7. The summed E-state index contributed by atoms with van der Waals surface area (Å²) in [5, 5.41) is 11.4. The normalized spacial score (nSPS) is 15.4. The molecule has 1 saturated heterocycles. The Hall–Kier alpha value is -3.12. The number of benzene rings is 1. The molecule has 0 unspecified atom stereocenters. The van der Waals surface area contributed by atoms with E-state index >= 15 is 0 Å². The Labute approximate surface area is 214 Å². The van der Waals surface area contributed by atoms with Crippen LogP contribution in [0.25, 0.3) is 0 Å². The summed E-state index contributed by atoms with van der Waals surface area (Å²) in [6.45, 7) is 2.07. The molecular weight excluding hydrogens is 508 g/mol. The number of rotatable bonds is 12. The van der Waals surface area contributed by atoms with E-state index in [-0.39, 0.29) is 49.7 Å². The lowest BCUT2D eigenvalue weighted by atomic mass is 9.71. The first-order valence-electron chi connectivity index (χ1n) is 11.9. The van der Waals surface area contributed by atoms with Crippen LogP contribution in [0.2, 0.25) is 0 Å². The van der Waals surface area contributed by atoms with Crippen molar-refractivity contribution < 1.29 is 36.6 Å². The number of hydrogen-bond donors (Lipinski definition) is 2. The number of hydrogen-bond acceptors (Lipinski definition) is 6. The number of nitrogens with zero attached hydrogens (tertiary/aromatic N) is 2. The zero-order chi connectivity index (χ0) is 27.4. The average Bonchev–Trinajstić information content (AvgIpc) is 2.77. The summed E-state index contributed by atoms with van der Waals surface area (Å²) >= 11 is 0. The topological polar surface area (TPSA) is 126 Å². The van der Waals surface area contributed by atoms with Gasteiger partial charge in [-0.15, -0.1) is 0 Å². The largest absolute Gasteiger partial charge is 0.481 e. The number of aryl methyl sites for hydroxylation is 1. The van der Waals surface area contributed by atoms with Gasteiger partial charge < -0.3 is 15.2 Å². The van der Waals surface area contributed by atoms with E-state index in [2.05, 4.69) is 15.0 Å². The maximum Gasteiger partial charge on any atom is 0.388 e. The second-order valence-electron chi connectivity index (χ2n) is 9.40. The number of aromatic nitrogens is 1. The fraction of sp³-hybridized carbons (Fsp3) is 0.480. The number of carbonyl (C=O) groups excluding carboxylic acids is 1. The number of carboxylic acid groups (broad SMARTS) is 1. The van der Waals surface area contributed by atoms with Gasteiger partial charge in [-0.2, -0.15) is 13.1 Å². The third-order valence-electron chi connectivity index (χ3n) is 6.31. The van der Waals surface area contributed by atoms with Crippen LogP contribution in [0.4, 0.5) is 14.5 Å². The lowest BCUT2D eigenvalue weighted by Gasteiger charge is -2.49. The fourth-order valence-electron chi connectivity index (χ4n) is 4.36. The number of halogens is 2. The molecule has 12 heteroatoms. The lowest BCUT2D eigenvalue weighted by molar-refractivity contribution is -0.137. The first kappa shape index (κ1) is 28.5. The van der Waals surface area contributed by atoms with Crippen molar-refractivity contribution in [3.05, 3.63) is 53.2 Å². The zero-order valence-electron chi connectivity index (χ0n) is 20.9. The molecule has 1 amide bonds. The Bertz CT molecular complexity index is 1250. The number of aliphatic carboxylic acids is 1. The smallest absolute Gasteiger partial charge is 0.388 e. The van der Waals surface area contributed by atoms with Crippen molar-refractivity contribution in [2.45, 2.75) is 58.0 Å². The molecule has 202 valence electrons. The van der Waals surface area contributed by atoms with Crippen molar-refractivity contribution >= 4 is 27.6 Å². The van der Waals surface area contributed by atoms with Gasteiger partial charge in [-0.1, -0.05) is 38.1 Å². The fourth-order valence-corrected chi connectivity index (χ4v) is 6.02. The van der Waals surface area contributed by atoms with Crippen LogP contribution >= 0.6 is 0 Å². The van der Waals surface area contributed by atoms with Crippen LogP contribution in [0, 0.1) is 6.92 Å². The number of nitrogens with one attached hydrogen (secondary N) is 1. The minimum absolute atomic E-state index is 0.0290. The SMILES string of the molecule is Cc1ccc(NC(=O)C2(c3ccccc3C(C)C)CN(S(=O)(=O)CCCCC(=O)O)C2)c(OC(F)F)n1. The van der Waals surface area contributed by atoms with Gasteiger partial charge >= 0.3 is 12.6 Å². The molecule has 0 aliphatic carbocycles. The Morgan fingerprint density at radius 1 is 1.16 bits per heavy atom. The van der Waals surface area contributed by atoms with Crippen molar-refractivity contribution in [2.75, 3.05) is 24.2 Å². The molecule has 3 rings (SSSR count). The number of unbranched alkanes of at least 4 members (excludes halogenated alkanes) is 1. The molecule has 0 spiro atoms. The number of alkyl halides is 2. The molecule has 2 heterocycles. The van der Waals surface area contributed by atoms with Crippen LogP contribution in [-0.2, 0) is 25.0 Å². The number of anilines is 1. The third kappa shape index (κ3) is 6.61. The Morgan fingerprint density at radius 3 is 2.46 bits per heavy atom. The molecular formula is C25H31F2N3O6S. The Kier molecular flexibility index (Phi) is 8.85. The molecule has 0 saturated carbocycles. The van der Waals surface area contributed by atoms with Crippen LogP contribution in [0.1, 0.15) is 55.8 Å². The molecule has 1 aromatic carbocycles. The van der Waals surface area contributed by atoms with Crippen LogP contribution < -0.4 is 10.1 Å². The minimum Gasteiger partial charge on any atom is -0.481 e. The number of ether oxygens (including phenoxy) is 1. The standard InChI is InChI=1S/C25H31F2N3O6S/c1-16(2)18-8-4-5-9-19(18)25(14-30(15-25)37(34,35)13-7-6-10-21(31)32)23(33)29-20-12-11-17(3)28-22(20)36-24(26)27/h4-5,8-9,11-12,16,24H,6-7,10,13-15H2,1-3H3,(H,29,33)(H,31,32). The first-order valence-corrected chi connectivity index (χ1v) is 13.5. The number of carboxylic acids is 1. The van der Waals surface area contributed by atoms with Crippen LogP contribution in [-0.4, -0.2) is 60.1 Å². The predicted molar refractivity (Wildman–Crippen MR) is 133 cm³/mol. The maximum atomic E-state index is 13.8. The Morgan fingerprint density at radius 2 is 1.84 bits per heavy atom. The van der Waals surface area contributed by atoms with Gasteiger partial charge in [0.05, 0.1) is 5.75 Å². The highest BCUT2D eigenvalue weighted by molar-refractivity contribution is 7.89. The first-order chi connectivity index (χ1) is 17.4. The van der Waals surface area contributed by atoms with Crippen LogP contribution in [0.3, 0.4) is 0 Å². The molecule has 1 aliphatic rings. The quantitative estimate of drug-likeness (QED) is 0.392. The van der Waals surface area contributed by atoms with Crippen LogP contribution in [0.5, 0.6) is 5.88 Å². The summed E-state index contributed by atoms with van der Waals surface area (Å²) in [7, 11) is -3.75. The third-order valence-corrected chi connectivity index (χ3v) is 8.16. The number of carbonyl (C=O) groups is 2. The van der Waals surface area contributed by atoms with Crippen molar-refractivity contribution in [3.63, 3.8) is 0 Å². The van der Waals surface area contributed by atoms with Gasteiger partial charge in [-0.05, 0) is 48.9 Å². The highest BCUT2D eigenvalue weighted by Gasteiger charge is 2.55. The average molecular weight is 540 g/mol. The molecule has 1 aromatic heterocycles. The predicted octanol–water partition coefficient (Wildman–Crippen LogP) is 3.89. The summed E-state index contributed by atoms with van der Waals surface area (Å²) in [5.74, 6) is -2.21. The van der Waals surface area contributed by atoms with Gasteiger partial charge in [0.2, 0.25) is 21.8 Å². The summed E-state index contributed by atoms with van der Waals surface area (Å²) in [6.07, 6.45) is 0.269. The highest BCUT2D eigenvalue weighted by atomic mass is 32.2. The van der Waals surface area contributed by atoms with Gasteiger partial charge in [-0.3, -0.25) is 9.59 Å². The molecule has 2 N–H and O–H groups in total. The number of pyridine rings is 1. The van der Waals surface area contributed by atoms with E-state index in [9.17, 15) is 26.8 Å². The van der Waals surface area contributed by atoms with E-state index in [0.717, 1.165) is 5.56 Å². The van der Waals surface area contributed by atoms with E-state index in [1.54, 1.807) is 19.1 Å². The van der Waals surface area contributed by atoms with E-state index in [1.807, 2.05) is 26.0 Å². The summed E-state index contributed by atoms with van der Waals surface area (Å²) < 4.78 is 57.5. The van der Waals surface area contributed by atoms with Gasteiger partial charge in [0.15, 0.2) is 0 Å². The molecule has 0 bridgehead atoms. The van der Waals surface area contributed by atoms with Gasteiger partial charge in [0.1, 0.15) is 11.1 Å². The molecule has 0 atom stereocenters. The maximum absolute atomic E-state index is 13.8. The molecule has 1 aliphatic heterocycles. The van der Waals surface area contributed by atoms with Gasteiger partial charge in [0, 0.05) is 25.2 Å². The molecule has 0 radical (unpaired) electrons. The van der Waals surface area contributed by atoms with Crippen molar-refractivity contribution in [1.29, 1.82) is 0 Å². The van der Waals surface area contributed by atoms with Gasteiger partial charge in [0.25, 0.3) is 0 Å². The van der Waals surface area contributed by atoms with Crippen molar-refractivity contribution in [2.24, 2.45) is 0 Å². The molecule has 37 heavy (non-hydrogen) atoms. The Balaban J connectivity index is 1.92. The van der Waals surface area contributed by atoms with Gasteiger partial charge in [-0.25, -0.2) is 13.4 Å². The summed E-state index contributed by atoms with van der Waals surface area (Å²) in [6, 6.07) is 10.2. The monoisotopic (exact) mass is 539 g/mol. The molecule has 2 aromatic rings. The highest BCUT2D eigenvalue weighted by Crippen LogP contribution is 2.42. The van der Waals surface area contributed by atoms with Crippen LogP contribution in [0.15, 0.2) is 36.4 Å². The second kappa shape index (κ2) is 11.5. The number of sulfonamides is 1. The van der Waals surface area contributed by atoms with E-state index in [1.165, 1.54) is 16.4 Å². The summed E-state index contributed by atoms with van der Waals surface area (Å²) in [4.78, 5) is 28.4. The van der Waals surface area contributed by atoms with Crippen molar-refractivity contribution in [1.82, 2.24) is 9.29 Å². The molecule has 9 nitrogen and oxygen atoms in total. The second-order valence-corrected chi connectivity index (χ2v) is 11.5. The molecule has 1 fully saturated rings. The summed E-state index contributed by atoms with van der Waals surface area (Å²) in [5.41, 5.74) is 0.602.